The number of rotatable bonds is 7. The number of hydrogen-bond donors (Lipinski definition) is 4. The van der Waals surface area contributed by atoms with Crippen LogP contribution in [0.15, 0.2) is 72.8 Å². The Kier molecular flexibility index (Phi) is 7.75. The highest BCUT2D eigenvalue weighted by Gasteiger charge is 2.14. The first-order valence-corrected chi connectivity index (χ1v) is 10.4. The highest BCUT2D eigenvalue weighted by molar-refractivity contribution is 6.04. The average molecular weight is 448 g/mol. The van der Waals surface area contributed by atoms with Gasteiger partial charge in [-0.25, -0.2) is 9.18 Å². The molecule has 0 aromatic heterocycles. The summed E-state index contributed by atoms with van der Waals surface area (Å²) in [5, 5.41) is 10.9. The predicted molar refractivity (Wildman–Crippen MR) is 126 cm³/mol. The lowest BCUT2D eigenvalue weighted by atomic mass is 10.1. The third-order valence-electron chi connectivity index (χ3n) is 4.56. The average Bonchev–Trinajstić information content (AvgIpc) is 2.77. The standard InChI is InChI=1S/C25H25FN4O3/c1-16(2)28-25(33)30-22-12-4-3-11-21(22)24(32)27-15-17-7-5-10-20(13-17)29-23(31)18-8-6-9-19(26)14-18/h3-14,16H,15H2,1-2H3,(H,27,32)(H,29,31)(H2,28,30,33). The Morgan fingerprint density at radius 1 is 0.848 bits per heavy atom. The lowest BCUT2D eigenvalue weighted by molar-refractivity contribution is 0.0950. The van der Waals surface area contributed by atoms with Crippen molar-refractivity contribution in [3.05, 3.63) is 95.3 Å². The minimum Gasteiger partial charge on any atom is -0.348 e. The van der Waals surface area contributed by atoms with Crippen LogP contribution in [0.1, 0.15) is 40.1 Å². The summed E-state index contributed by atoms with van der Waals surface area (Å²) in [7, 11) is 0. The summed E-state index contributed by atoms with van der Waals surface area (Å²) < 4.78 is 13.4. The van der Waals surface area contributed by atoms with Gasteiger partial charge in [0.05, 0.1) is 11.3 Å². The van der Waals surface area contributed by atoms with Gasteiger partial charge in [-0.15, -0.1) is 0 Å². The van der Waals surface area contributed by atoms with Crippen molar-refractivity contribution in [2.24, 2.45) is 0 Å². The summed E-state index contributed by atoms with van der Waals surface area (Å²) in [6.45, 7) is 3.88. The Balaban J connectivity index is 1.63. The molecule has 0 bridgehead atoms. The van der Waals surface area contributed by atoms with E-state index in [0.29, 0.717) is 16.9 Å². The Labute approximate surface area is 191 Å². The fourth-order valence-electron chi connectivity index (χ4n) is 3.08. The van der Waals surface area contributed by atoms with E-state index in [0.717, 1.165) is 11.6 Å². The van der Waals surface area contributed by atoms with Crippen molar-refractivity contribution < 1.29 is 18.8 Å². The van der Waals surface area contributed by atoms with E-state index < -0.39 is 17.8 Å². The van der Waals surface area contributed by atoms with Gasteiger partial charge >= 0.3 is 6.03 Å². The van der Waals surface area contributed by atoms with Crippen molar-refractivity contribution >= 4 is 29.2 Å². The van der Waals surface area contributed by atoms with Crippen LogP contribution >= 0.6 is 0 Å². The van der Waals surface area contributed by atoms with Crippen LogP contribution < -0.4 is 21.3 Å². The van der Waals surface area contributed by atoms with Crippen LogP contribution in [0.5, 0.6) is 0 Å². The van der Waals surface area contributed by atoms with E-state index in [1.54, 1.807) is 48.5 Å². The van der Waals surface area contributed by atoms with E-state index in [9.17, 15) is 18.8 Å². The van der Waals surface area contributed by atoms with Gasteiger partial charge < -0.3 is 21.3 Å². The van der Waals surface area contributed by atoms with E-state index in [1.807, 2.05) is 13.8 Å². The first-order chi connectivity index (χ1) is 15.8. The minimum absolute atomic E-state index is 0.0420. The molecule has 3 aromatic rings. The number of carbonyl (C=O) groups excluding carboxylic acids is 3. The largest absolute Gasteiger partial charge is 0.348 e. The molecule has 0 spiro atoms. The molecule has 33 heavy (non-hydrogen) atoms. The summed E-state index contributed by atoms with van der Waals surface area (Å²) in [5.74, 6) is -1.28. The lowest BCUT2D eigenvalue weighted by Gasteiger charge is -2.14. The molecule has 0 radical (unpaired) electrons. The van der Waals surface area contributed by atoms with Crippen LogP contribution in [0.25, 0.3) is 0 Å². The van der Waals surface area contributed by atoms with Crippen molar-refractivity contribution in [3.8, 4) is 0 Å². The van der Waals surface area contributed by atoms with Crippen molar-refractivity contribution in [1.82, 2.24) is 10.6 Å². The van der Waals surface area contributed by atoms with Crippen LogP contribution in [-0.2, 0) is 6.54 Å². The van der Waals surface area contributed by atoms with E-state index in [4.69, 9.17) is 0 Å². The minimum atomic E-state index is -0.490. The Morgan fingerprint density at radius 2 is 1.61 bits per heavy atom. The molecule has 0 aliphatic carbocycles. The molecule has 3 aromatic carbocycles. The molecule has 0 unspecified atom stereocenters. The first kappa shape index (κ1) is 23.5. The molecule has 170 valence electrons. The number of carbonyl (C=O) groups is 3. The number of urea groups is 1. The number of hydrogen-bond acceptors (Lipinski definition) is 3. The van der Waals surface area contributed by atoms with Crippen molar-refractivity contribution in [2.75, 3.05) is 10.6 Å². The topological polar surface area (TPSA) is 99.3 Å². The fourth-order valence-corrected chi connectivity index (χ4v) is 3.08. The molecule has 3 rings (SSSR count). The van der Waals surface area contributed by atoms with Crippen LogP contribution in [-0.4, -0.2) is 23.9 Å². The Bertz CT molecular complexity index is 1160. The summed E-state index contributed by atoms with van der Waals surface area (Å²) in [5.41, 5.74) is 2.20. The molecular weight excluding hydrogens is 423 g/mol. The van der Waals surface area contributed by atoms with Crippen molar-refractivity contribution in [3.63, 3.8) is 0 Å². The molecular formula is C25H25FN4O3. The third-order valence-corrected chi connectivity index (χ3v) is 4.56. The monoisotopic (exact) mass is 448 g/mol. The summed E-state index contributed by atoms with van der Waals surface area (Å²) in [6, 6.07) is 18.7. The molecule has 0 saturated carbocycles. The molecule has 8 heteroatoms. The molecule has 4 amide bonds. The second-order valence-corrected chi connectivity index (χ2v) is 7.65. The van der Waals surface area contributed by atoms with Gasteiger partial charge in [-0.1, -0.05) is 30.3 Å². The molecule has 0 aliphatic rings. The lowest BCUT2D eigenvalue weighted by Crippen LogP contribution is -2.35. The SMILES string of the molecule is CC(C)NC(=O)Nc1ccccc1C(=O)NCc1cccc(NC(=O)c2cccc(F)c2)c1. The second kappa shape index (κ2) is 10.9. The maximum Gasteiger partial charge on any atom is 0.319 e. The number of anilines is 2. The molecule has 0 heterocycles. The van der Waals surface area contributed by atoms with E-state index in [-0.39, 0.29) is 24.1 Å². The van der Waals surface area contributed by atoms with Gasteiger partial charge in [0.2, 0.25) is 0 Å². The molecule has 0 fully saturated rings. The number of nitrogens with one attached hydrogen (secondary N) is 4. The molecule has 0 atom stereocenters. The first-order valence-electron chi connectivity index (χ1n) is 10.4. The number of para-hydroxylation sites is 1. The summed E-state index contributed by atoms with van der Waals surface area (Å²) >= 11 is 0. The molecule has 0 aliphatic heterocycles. The number of benzene rings is 3. The van der Waals surface area contributed by atoms with Crippen LogP contribution in [0.2, 0.25) is 0 Å². The van der Waals surface area contributed by atoms with Gasteiger partial charge in [0.25, 0.3) is 11.8 Å². The third kappa shape index (κ3) is 6.90. The van der Waals surface area contributed by atoms with Gasteiger partial charge in [0, 0.05) is 23.8 Å². The second-order valence-electron chi connectivity index (χ2n) is 7.65. The maximum atomic E-state index is 13.4. The number of amides is 4. The van der Waals surface area contributed by atoms with Gasteiger partial charge in [-0.3, -0.25) is 9.59 Å². The van der Waals surface area contributed by atoms with E-state index >= 15 is 0 Å². The van der Waals surface area contributed by atoms with E-state index in [1.165, 1.54) is 18.2 Å². The van der Waals surface area contributed by atoms with E-state index in [2.05, 4.69) is 21.3 Å². The Hall–Kier alpha value is -4.20. The smallest absolute Gasteiger partial charge is 0.319 e. The van der Waals surface area contributed by atoms with Gasteiger partial charge in [-0.05, 0) is 61.9 Å². The maximum absolute atomic E-state index is 13.4. The summed E-state index contributed by atoms with van der Waals surface area (Å²) in [6.07, 6.45) is 0. The zero-order valence-electron chi connectivity index (χ0n) is 18.3. The van der Waals surface area contributed by atoms with Crippen molar-refractivity contribution in [2.45, 2.75) is 26.4 Å². The van der Waals surface area contributed by atoms with Crippen molar-refractivity contribution in [1.29, 1.82) is 0 Å². The number of halogens is 1. The van der Waals surface area contributed by atoms with Crippen LogP contribution in [0.3, 0.4) is 0 Å². The van der Waals surface area contributed by atoms with Crippen LogP contribution in [0.4, 0.5) is 20.6 Å². The van der Waals surface area contributed by atoms with Crippen LogP contribution in [0, 0.1) is 5.82 Å². The summed E-state index contributed by atoms with van der Waals surface area (Å²) in [4.78, 5) is 37.1. The normalized spacial score (nSPS) is 10.4. The zero-order valence-corrected chi connectivity index (χ0v) is 18.3. The molecule has 7 nitrogen and oxygen atoms in total. The molecule has 4 N–H and O–H groups in total. The zero-order chi connectivity index (χ0) is 23.8. The highest BCUT2D eigenvalue weighted by atomic mass is 19.1. The molecule has 0 saturated heterocycles. The Morgan fingerprint density at radius 3 is 2.36 bits per heavy atom. The van der Waals surface area contributed by atoms with Gasteiger partial charge in [0.1, 0.15) is 5.82 Å². The highest BCUT2D eigenvalue weighted by Crippen LogP contribution is 2.16. The van der Waals surface area contributed by atoms with Gasteiger partial charge in [-0.2, -0.15) is 0 Å². The van der Waals surface area contributed by atoms with Gasteiger partial charge in [0.15, 0.2) is 0 Å². The quantitative estimate of drug-likeness (QED) is 0.427. The predicted octanol–water partition coefficient (Wildman–Crippen LogP) is 4.54. The fraction of sp³-hybridized carbons (Fsp3) is 0.160.